The molecule has 0 aromatic heterocycles. The van der Waals surface area contributed by atoms with Crippen molar-refractivity contribution in [2.24, 2.45) is 4.99 Å². The number of nitrogens with zero attached hydrogens (tertiary/aromatic N) is 1. The third kappa shape index (κ3) is 12.4. The fourth-order valence-corrected chi connectivity index (χ4v) is 0.575. The Kier molecular flexibility index (Phi) is 12.0. The maximum absolute atomic E-state index is 3.84. The van der Waals surface area contributed by atoms with Crippen molar-refractivity contribution in [3.8, 4) is 0 Å². The summed E-state index contributed by atoms with van der Waals surface area (Å²) in [6.07, 6.45) is 8.08. The molecule has 0 saturated carbocycles. The highest BCUT2D eigenvalue weighted by atomic mass is 14.7. The molecule has 0 N–H and O–H groups in total. The summed E-state index contributed by atoms with van der Waals surface area (Å²) >= 11 is 0. The van der Waals surface area contributed by atoms with Crippen LogP contribution in [-0.2, 0) is 0 Å². The van der Waals surface area contributed by atoms with Crippen molar-refractivity contribution < 1.29 is 0 Å². The lowest BCUT2D eigenvalue weighted by Crippen LogP contribution is -1.83. The topological polar surface area (TPSA) is 12.4 Å². The lowest BCUT2D eigenvalue weighted by atomic mass is 10.1. The van der Waals surface area contributed by atoms with Crippen molar-refractivity contribution in [3.05, 3.63) is 61.4 Å². The van der Waals surface area contributed by atoms with Crippen LogP contribution in [0.4, 0.5) is 0 Å². The molecule has 0 rings (SSSR count). The van der Waals surface area contributed by atoms with Gasteiger partial charge in [-0.3, -0.25) is 4.99 Å². The van der Waals surface area contributed by atoms with E-state index in [1.165, 1.54) is 12.6 Å². The minimum absolute atomic E-state index is 0.775. The molecular formula is C15H23N. The molecule has 0 aliphatic carbocycles. The Bertz CT molecular complexity index is 303. The van der Waals surface area contributed by atoms with Crippen LogP contribution in [0, 0.1) is 0 Å². The van der Waals surface area contributed by atoms with Crippen LogP contribution >= 0.6 is 0 Å². The van der Waals surface area contributed by atoms with E-state index in [1.54, 1.807) is 6.21 Å². The van der Waals surface area contributed by atoms with E-state index in [0.717, 1.165) is 16.7 Å². The molecule has 0 aromatic rings. The molecule has 0 unspecified atom stereocenters. The van der Waals surface area contributed by atoms with Crippen LogP contribution in [0.25, 0.3) is 0 Å². The Morgan fingerprint density at radius 3 is 1.94 bits per heavy atom. The van der Waals surface area contributed by atoms with E-state index in [0.29, 0.717) is 0 Å². The summed E-state index contributed by atoms with van der Waals surface area (Å²) in [7, 11) is 0. The molecule has 16 heavy (non-hydrogen) atoms. The average Bonchev–Trinajstić information content (AvgIpc) is 2.23. The minimum atomic E-state index is 0.775. The molecule has 88 valence electrons. The second kappa shape index (κ2) is 11.4. The Labute approximate surface area is 100 Å². The van der Waals surface area contributed by atoms with Crippen LogP contribution in [0.2, 0.25) is 0 Å². The molecule has 1 heteroatoms. The molecule has 0 aromatic carbocycles. The first-order valence-electron chi connectivity index (χ1n) is 5.35. The van der Waals surface area contributed by atoms with Crippen molar-refractivity contribution in [1.29, 1.82) is 0 Å². The summed E-state index contributed by atoms with van der Waals surface area (Å²) in [5.41, 5.74) is 2.58. The van der Waals surface area contributed by atoms with E-state index in [1.807, 2.05) is 19.1 Å². The van der Waals surface area contributed by atoms with Crippen LogP contribution in [-0.4, -0.2) is 6.21 Å². The van der Waals surface area contributed by atoms with E-state index in [4.69, 9.17) is 0 Å². The maximum Gasteiger partial charge on any atom is 0.0339 e. The van der Waals surface area contributed by atoms with Gasteiger partial charge in [0.15, 0.2) is 0 Å². The van der Waals surface area contributed by atoms with Crippen LogP contribution < -0.4 is 0 Å². The SMILES string of the molecule is C=CN=CC(=C)C(=C)/C=C\C(=C)C.CCC. The molecule has 0 spiro atoms. The predicted octanol–water partition coefficient (Wildman–Crippen LogP) is 4.86. The van der Waals surface area contributed by atoms with Crippen molar-refractivity contribution >= 4 is 6.21 Å². The van der Waals surface area contributed by atoms with E-state index in [2.05, 4.69) is 45.2 Å². The van der Waals surface area contributed by atoms with Crippen molar-refractivity contribution in [2.75, 3.05) is 0 Å². The third-order valence-electron chi connectivity index (χ3n) is 1.32. The monoisotopic (exact) mass is 217 g/mol. The second-order valence-electron chi connectivity index (χ2n) is 3.40. The Balaban J connectivity index is 0. The number of hydrogen-bond acceptors (Lipinski definition) is 1. The Hall–Kier alpha value is -1.63. The highest BCUT2D eigenvalue weighted by Crippen LogP contribution is 2.05. The van der Waals surface area contributed by atoms with Gasteiger partial charge in [-0.15, -0.1) is 0 Å². The number of hydrogen-bond donors (Lipinski definition) is 0. The first-order chi connectivity index (χ1) is 7.49. The zero-order valence-electron chi connectivity index (χ0n) is 10.8. The lowest BCUT2D eigenvalue weighted by molar-refractivity contribution is 1.09. The lowest BCUT2D eigenvalue weighted by Gasteiger charge is -1.96. The van der Waals surface area contributed by atoms with E-state index in [9.17, 15) is 0 Å². The van der Waals surface area contributed by atoms with Crippen molar-refractivity contribution in [2.45, 2.75) is 27.2 Å². The predicted molar refractivity (Wildman–Crippen MR) is 76.9 cm³/mol. The molecular weight excluding hydrogens is 194 g/mol. The molecule has 0 amide bonds. The Morgan fingerprint density at radius 1 is 1.06 bits per heavy atom. The smallest absolute Gasteiger partial charge is 0.0339 e. The van der Waals surface area contributed by atoms with Crippen LogP contribution in [0.3, 0.4) is 0 Å². The van der Waals surface area contributed by atoms with Gasteiger partial charge in [0.2, 0.25) is 0 Å². The van der Waals surface area contributed by atoms with Gasteiger partial charge in [0.25, 0.3) is 0 Å². The van der Waals surface area contributed by atoms with Gasteiger partial charge in [0.1, 0.15) is 0 Å². The molecule has 0 aliphatic heterocycles. The molecule has 0 saturated heterocycles. The zero-order valence-corrected chi connectivity index (χ0v) is 10.8. The van der Waals surface area contributed by atoms with Gasteiger partial charge in [-0.1, -0.05) is 64.3 Å². The zero-order chi connectivity index (χ0) is 13.0. The molecule has 0 aliphatic rings. The van der Waals surface area contributed by atoms with Gasteiger partial charge < -0.3 is 0 Å². The van der Waals surface area contributed by atoms with E-state index in [-0.39, 0.29) is 0 Å². The molecule has 0 heterocycles. The quantitative estimate of drug-likeness (QED) is 0.460. The highest BCUT2D eigenvalue weighted by Gasteiger charge is 1.90. The Morgan fingerprint density at radius 2 is 1.56 bits per heavy atom. The summed E-state index contributed by atoms with van der Waals surface area (Å²) in [5.74, 6) is 0. The second-order valence-corrected chi connectivity index (χ2v) is 3.40. The van der Waals surface area contributed by atoms with Gasteiger partial charge in [-0.25, -0.2) is 0 Å². The summed E-state index contributed by atoms with van der Waals surface area (Å²) < 4.78 is 0. The fourth-order valence-electron chi connectivity index (χ4n) is 0.575. The number of allylic oxidation sites excluding steroid dienone is 5. The fraction of sp³-hybridized carbons (Fsp3) is 0.267. The van der Waals surface area contributed by atoms with Gasteiger partial charge >= 0.3 is 0 Å². The first-order valence-corrected chi connectivity index (χ1v) is 5.35. The molecule has 0 bridgehead atoms. The third-order valence-corrected chi connectivity index (χ3v) is 1.32. The molecule has 0 fully saturated rings. The van der Waals surface area contributed by atoms with Gasteiger partial charge in [0, 0.05) is 12.4 Å². The van der Waals surface area contributed by atoms with Crippen molar-refractivity contribution in [3.63, 3.8) is 0 Å². The summed E-state index contributed by atoms with van der Waals surface area (Å²) in [6, 6.07) is 0. The van der Waals surface area contributed by atoms with Gasteiger partial charge in [0.05, 0.1) is 0 Å². The number of rotatable bonds is 5. The van der Waals surface area contributed by atoms with Crippen LogP contribution in [0.5, 0.6) is 0 Å². The molecule has 1 nitrogen and oxygen atoms in total. The summed E-state index contributed by atoms with van der Waals surface area (Å²) in [5, 5.41) is 0. The first kappa shape index (κ1) is 16.8. The van der Waals surface area contributed by atoms with Gasteiger partial charge in [-0.2, -0.15) is 0 Å². The summed E-state index contributed by atoms with van der Waals surface area (Å²) in [6.45, 7) is 21.0. The van der Waals surface area contributed by atoms with Crippen LogP contribution in [0.1, 0.15) is 27.2 Å². The average molecular weight is 217 g/mol. The van der Waals surface area contributed by atoms with Crippen LogP contribution in [0.15, 0.2) is 66.4 Å². The molecule has 0 atom stereocenters. The van der Waals surface area contributed by atoms with E-state index < -0.39 is 0 Å². The summed E-state index contributed by atoms with van der Waals surface area (Å²) in [4.78, 5) is 3.84. The maximum atomic E-state index is 3.84. The largest absolute Gasteiger partial charge is 0.265 e. The minimum Gasteiger partial charge on any atom is -0.265 e. The van der Waals surface area contributed by atoms with Gasteiger partial charge in [-0.05, 0) is 18.1 Å². The van der Waals surface area contributed by atoms with E-state index >= 15 is 0 Å². The highest BCUT2D eigenvalue weighted by molar-refractivity contribution is 5.85. The van der Waals surface area contributed by atoms with Crippen molar-refractivity contribution in [1.82, 2.24) is 0 Å². The number of aliphatic imine (C=N–C) groups is 1. The molecule has 0 radical (unpaired) electrons. The standard InChI is InChI=1S/C12H15N.C3H8/c1-6-13-9-12(5)11(4)8-7-10(2)3;1-3-2/h6-9H,1-2,4-5H2,3H3;3H2,1-2H3/b8-7-,13-9?;. The normalized spacial score (nSPS) is 9.69.